The van der Waals surface area contributed by atoms with Gasteiger partial charge in [0.05, 0.1) is 0 Å². The van der Waals surface area contributed by atoms with E-state index < -0.39 is 24.0 Å². The highest BCUT2D eigenvalue weighted by molar-refractivity contribution is 7.99. The van der Waals surface area contributed by atoms with Crippen LogP contribution in [0, 0.1) is 0 Å². The Hall–Kier alpha value is -3.26. The zero-order valence-electron chi connectivity index (χ0n) is 18.3. The standard InChI is InChI=1S/C25H28N2O5S/c1-2-14-33-15-13-26-24(30)22(11-12-23(28)29)27-25(31)32-16-21-19-9-5-3-7-17(19)18-8-4-6-10-20(18)21/h2-10,21-22H,1,11-16H2,(H,26,30)(H,27,31)(H,28,29). The van der Waals surface area contributed by atoms with Gasteiger partial charge in [0.2, 0.25) is 5.91 Å². The first-order valence-corrected chi connectivity index (χ1v) is 12.0. The van der Waals surface area contributed by atoms with Crippen molar-refractivity contribution in [3.05, 3.63) is 72.3 Å². The number of nitrogens with one attached hydrogen (secondary N) is 2. The Kier molecular flexibility index (Phi) is 8.95. The number of ether oxygens (including phenoxy) is 1. The summed E-state index contributed by atoms with van der Waals surface area (Å²) in [4.78, 5) is 36.0. The molecule has 0 heterocycles. The molecule has 2 aromatic carbocycles. The second-order valence-electron chi connectivity index (χ2n) is 7.61. The van der Waals surface area contributed by atoms with Gasteiger partial charge in [0.1, 0.15) is 12.6 Å². The van der Waals surface area contributed by atoms with Crippen molar-refractivity contribution in [2.45, 2.75) is 24.8 Å². The molecule has 0 aromatic heterocycles. The lowest BCUT2D eigenvalue weighted by molar-refractivity contribution is -0.137. The smallest absolute Gasteiger partial charge is 0.407 e. The first-order chi connectivity index (χ1) is 16.0. The van der Waals surface area contributed by atoms with E-state index in [4.69, 9.17) is 9.84 Å². The van der Waals surface area contributed by atoms with Crippen LogP contribution in [0.25, 0.3) is 11.1 Å². The molecule has 0 radical (unpaired) electrons. The molecule has 1 aliphatic rings. The molecule has 1 aliphatic carbocycles. The molecular formula is C25H28N2O5S. The fourth-order valence-corrected chi connectivity index (χ4v) is 4.43. The van der Waals surface area contributed by atoms with Crippen LogP contribution in [0.5, 0.6) is 0 Å². The average Bonchev–Trinajstić information content (AvgIpc) is 3.13. The molecule has 0 saturated carbocycles. The van der Waals surface area contributed by atoms with Crippen molar-refractivity contribution in [1.29, 1.82) is 0 Å². The maximum atomic E-state index is 12.5. The molecule has 0 bridgehead atoms. The SMILES string of the molecule is C=CCSCCNC(=O)C(CCC(=O)O)NC(=O)OCC1c2ccccc2-c2ccccc21. The molecule has 174 valence electrons. The van der Waals surface area contributed by atoms with Crippen LogP contribution < -0.4 is 10.6 Å². The summed E-state index contributed by atoms with van der Waals surface area (Å²) in [6.07, 6.45) is 0.766. The van der Waals surface area contributed by atoms with E-state index in [1.807, 2.05) is 48.5 Å². The van der Waals surface area contributed by atoms with Crippen molar-refractivity contribution in [3.63, 3.8) is 0 Å². The molecule has 33 heavy (non-hydrogen) atoms. The topological polar surface area (TPSA) is 105 Å². The van der Waals surface area contributed by atoms with Gasteiger partial charge in [-0.15, -0.1) is 6.58 Å². The van der Waals surface area contributed by atoms with E-state index in [1.165, 1.54) is 0 Å². The Balaban J connectivity index is 1.59. The first-order valence-electron chi connectivity index (χ1n) is 10.8. The molecule has 0 spiro atoms. The van der Waals surface area contributed by atoms with Gasteiger partial charge in [-0.25, -0.2) is 4.79 Å². The number of carbonyl (C=O) groups is 3. The number of amides is 2. The highest BCUT2D eigenvalue weighted by atomic mass is 32.2. The van der Waals surface area contributed by atoms with Crippen LogP contribution in [0.3, 0.4) is 0 Å². The summed E-state index contributed by atoms with van der Waals surface area (Å²) in [5.74, 6) is -0.103. The minimum absolute atomic E-state index is 0.0227. The van der Waals surface area contributed by atoms with Crippen molar-refractivity contribution in [2.24, 2.45) is 0 Å². The highest BCUT2D eigenvalue weighted by Crippen LogP contribution is 2.44. The minimum Gasteiger partial charge on any atom is -0.481 e. The van der Waals surface area contributed by atoms with E-state index in [1.54, 1.807) is 17.8 Å². The fraction of sp³-hybridized carbons (Fsp3) is 0.320. The Bertz CT molecular complexity index is 964. The maximum Gasteiger partial charge on any atom is 0.407 e. The largest absolute Gasteiger partial charge is 0.481 e. The molecular weight excluding hydrogens is 440 g/mol. The van der Waals surface area contributed by atoms with Gasteiger partial charge in [-0.05, 0) is 28.7 Å². The number of hydrogen-bond donors (Lipinski definition) is 3. The van der Waals surface area contributed by atoms with Crippen LogP contribution in [0.15, 0.2) is 61.2 Å². The Morgan fingerprint density at radius 3 is 2.33 bits per heavy atom. The van der Waals surface area contributed by atoms with Crippen molar-refractivity contribution in [1.82, 2.24) is 10.6 Å². The van der Waals surface area contributed by atoms with Crippen LogP contribution >= 0.6 is 11.8 Å². The van der Waals surface area contributed by atoms with E-state index in [9.17, 15) is 14.4 Å². The van der Waals surface area contributed by atoms with Gasteiger partial charge in [-0.2, -0.15) is 11.8 Å². The van der Waals surface area contributed by atoms with Gasteiger partial charge in [0.25, 0.3) is 0 Å². The van der Waals surface area contributed by atoms with Crippen molar-refractivity contribution >= 4 is 29.7 Å². The van der Waals surface area contributed by atoms with Crippen LogP contribution in [0.2, 0.25) is 0 Å². The van der Waals surface area contributed by atoms with Gasteiger partial charge in [-0.1, -0.05) is 54.6 Å². The van der Waals surface area contributed by atoms with Gasteiger partial charge >= 0.3 is 12.1 Å². The summed E-state index contributed by atoms with van der Waals surface area (Å²) < 4.78 is 5.49. The summed E-state index contributed by atoms with van der Waals surface area (Å²) in [6.45, 7) is 4.17. The number of carbonyl (C=O) groups excluding carboxylic acids is 2. The van der Waals surface area contributed by atoms with Gasteiger partial charge in [-0.3, -0.25) is 9.59 Å². The normalized spacial score (nSPS) is 12.8. The number of rotatable bonds is 12. The summed E-state index contributed by atoms with van der Waals surface area (Å²) in [7, 11) is 0. The zero-order valence-corrected chi connectivity index (χ0v) is 19.1. The summed E-state index contributed by atoms with van der Waals surface area (Å²) >= 11 is 1.61. The number of fused-ring (bicyclic) bond motifs is 3. The van der Waals surface area contributed by atoms with Gasteiger partial charge in [0.15, 0.2) is 0 Å². The Morgan fingerprint density at radius 2 is 1.73 bits per heavy atom. The molecule has 0 aliphatic heterocycles. The summed E-state index contributed by atoms with van der Waals surface area (Å²) in [5, 5.41) is 14.3. The van der Waals surface area contributed by atoms with Gasteiger partial charge in [0, 0.05) is 30.4 Å². The van der Waals surface area contributed by atoms with E-state index in [0.717, 1.165) is 28.0 Å². The third kappa shape index (κ3) is 6.61. The number of benzene rings is 2. The van der Waals surface area contributed by atoms with Crippen LogP contribution in [-0.2, 0) is 14.3 Å². The number of aliphatic carboxylic acids is 1. The summed E-state index contributed by atoms with van der Waals surface area (Å²) in [6, 6.07) is 15.0. The Labute approximate surface area is 197 Å². The maximum absolute atomic E-state index is 12.5. The molecule has 7 nitrogen and oxygen atoms in total. The Morgan fingerprint density at radius 1 is 1.09 bits per heavy atom. The third-order valence-corrected chi connectivity index (χ3v) is 6.34. The van der Waals surface area contributed by atoms with E-state index in [2.05, 4.69) is 17.2 Å². The number of carboxylic acid groups (broad SMARTS) is 1. The predicted octanol–water partition coefficient (Wildman–Crippen LogP) is 3.79. The van der Waals surface area contributed by atoms with Crippen LogP contribution in [0.1, 0.15) is 29.9 Å². The summed E-state index contributed by atoms with van der Waals surface area (Å²) in [5.41, 5.74) is 4.41. The average molecular weight is 469 g/mol. The van der Waals surface area contributed by atoms with E-state index >= 15 is 0 Å². The molecule has 1 atom stereocenters. The fourth-order valence-electron chi connectivity index (χ4n) is 3.86. The third-order valence-electron chi connectivity index (χ3n) is 5.38. The second-order valence-corrected chi connectivity index (χ2v) is 8.76. The molecule has 3 rings (SSSR count). The lowest BCUT2D eigenvalue weighted by Crippen LogP contribution is -2.47. The number of alkyl carbamates (subject to hydrolysis) is 1. The van der Waals surface area contributed by atoms with Crippen molar-refractivity contribution in [3.8, 4) is 11.1 Å². The van der Waals surface area contributed by atoms with Crippen molar-refractivity contribution in [2.75, 3.05) is 24.7 Å². The van der Waals surface area contributed by atoms with E-state index in [0.29, 0.717) is 12.3 Å². The predicted molar refractivity (Wildman–Crippen MR) is 129 cm³/mol. The molecule has 8 heteroatoms. The quantitative estimate of drug-likeness (QED) is 0.323. The molecule has 1 unspecified atom stereocenters. The van der Waals surface area contributed by atoms with Crippen LogP contribution in [-0.4, -0.2) is 53.8 Å². The molecule has 3 N–H and O–H groups in total. The molecule has 0 fully saturated rings. The molecule has 0 saturated heterocycles. The van der Waals surface area contributed by atoms with Gasteiger partial charge < -0.3 is 20.5 Å². The monoisotopic (exact) mass is 468 g/mol. The van der Waals surface area contributed by atoms with Crippen LogP contribution in [0.4, 0.5) is 4.79 Å². The number of thioether (sulfide) groups is 1. The molecule has 2 amide bonds. The number of carboxylic acids is 1. The molecule has 2 aromatic rings. The second kappa shape index (κ2) is 12.1. The minimum atomic E-state index is -1.04. The zero-order chi connectivity index (χ0) is 23.6. The van der Waals surface area contributed by atoms with E-state index in [-0.39, 0.29) is 25.4 Å². The lowest BCUT2D eigenvalue weighted by atomic mass is 9.98. The highest BCUT2D eigenvalue weighted by Gasteiger charge is 2.29. The lowest BCUT2D eigenvalue weighted by Gasteiger charge is -2.19. The number of hydrogen-bond acceptors (Lipinski definition) is 5. The first kappa shape index (κ1) is 24.4. The van der Waals surface area contributed by atoms with Crippen molar-refractivity contribution < 1.29 is 24.2 Å².